The predicted octanol–water partition coefficient (Wildman–Crippen LogP) is 3.01. The van der Waals surface area contributed by atoms with Gasteiger partial charge in [0.2, 0.25) is 5.91 Å². The molecule has 6 nitrogen and oxygen atoms in total. The van der Waals surface area contributed by atoms with Gasteiger partial charge >= 0.3 is 6.09 Å². The van der Waals surface area contributed by atoms with E-state index in [1.54, 1.807) is 4.90 Å². The van der Waals surface area contributed by atoms with E-state index in [-0.39, 0.29) is 31.0 Å². The van der Waals surface area contributed by atoms with E-state index in [0.29, 0.717) is 18.9 Å². The molecule has 3 N–H and O–H groups in total. The molecular weight excluding hydrogens is 373 g/mol. The summed E-state index contributed by atoms with van der Waals surface area (Å²) in [6.07, 6.45) is 2.56. The first-order valence-electron chi connectivity index (χ1n) is 10.6. The maximum Gasteiger partial charge on any atom is 0.407 e. The first-order chi connectivity index (χ1) is 13.9. The second-order valence-corrected chi connectivity index (χ2v) is 8.37. The lowest BCUT2D eigenvalue weighted by Crippen LogP contribution is -2.49. The zero-order valence-electron chi connectivity index (χ0n) is 17.1. The Kier molecular flexibility index (Phi) is 7.47. The third-order valence-corrected chi connectivity index (χ3v) is 6.34. The Balaban J connectivity index is 1.39. The molecular formula is C22H32FN3O3. The number of rotatable bonds is 6. The predicted molar refractivity (Wildman–Crippen MR) is 109 cm³/mol. The molecule has 1 aromatic carbocycles. The lowest BCUT2D eigenvalue weighted by molar-refractivity contribution is -0.133. The van der Waals surface area contributed by atoms with E-state index in [1.165, 1.54) is 0 Å². The first-order valence-corrected chi connectivity index (χ1v) is 10.6. The molecule has 2 amide bonds. The number of alkyl carbamates (subject to hydrolysis) is 1. The highest BCUT2D eigenvalue weighted by Crippen LogP contribution is 2.32. The van der Waals surface area contributed by atoms with Crippen molar-refractivity contribution < 1.29 is 18.7 Å². The van der Waals surface area contributed by atoms with Crippen molar-refractivity contribution in [3.63, 3.8) is 0 Å². The number of nitrogens with two attached hydrogens (primary N) is 1. The molecule has 160 valence electrons. The van der Waals surface area contributed by atoms with Crippen LogP contribution in [0.3, 0.4) is 0 Å². The molecule has 29 heavy (non-hydrogen) atoms. The van der Waals surface area contributed by atoms with Gasteiger partial charge in [-0.1, -0.05) is 37.3 Å². The fraction of sp³-hybridized carbons (Fsp3) is 0.636. The number of benzene rings is 1. The Morgan fingerprint density at radius 1 is 1.21 bits per heavy atom. The minimum Gasteiger partial charge on any atom is -0.445 e. The second-order valence-electron chi connectivity index (χ2n) is 8.37. The number of hydrogen-bond donors (Lipinski definition) is 2. The van der Waals surface area contributed by atoms with Gasteiger partial charge in [-0.15, -0.1) is 0 Å². The topological polar surface area (TPSA) is 84.7 Å². The fourth-order valence-corrected chi connectivity index (χ4v) is 4.37. The van der Waals surface area contributed by atoms with Gasteiger partial charge in [0.25, 0.3) is 0 Å². The van der Waals surface area contributed by atoms with E-state index in [0.717, 1.165) is 31.2 Å². The van der Waals surface area contributed by atoms with Gasteiger partial charge in [-0.3, -0.25) is 4.79 Å². The van der Waals surface area contributed by atoms with Gasteiger partial charge in [0, 0.05) is 12.6 Å². The Morgan fingerprint density at radius 3 is 2.52 bits per heavy atom. The van der Waals surface area contributed by atoms with E-state index in [1.807, 2.05) is 37.3 Å². The maximum atomic E-state index is 13.4. The molecule has 1 unspecified atom stereocenters. The quantitative estimate of drug-likeness (QED) is 0.762. The number of alkyl halides is 1. The van der Waals surface area contributed by atoms with E-state index in [4.69, 9.17) is 10.5 Å². The Labute approximate surface area is 172 Å². The number of ether oxygens (including phenoxy) is 1. The smallest absolute Gasteiger partial charge is 0.407 e. The van der Waals surface area contributed by atoms with Gasteiger partial charge in [0.15, 0.2) is 0 Å². The van der Waals surface area contributed by atoms with Crippen LogP contribution in [0.5, 0.6) is 0 Å². The fourth-order valence-electron chi connectivity index (χ4n) is 4.37. The van der Waals surface area contributed by atoms with E-state index in [2.05, 4.69) is 5.32 Å². The van der Waals surface area contributed by atoms with Crippen molar-refractivity contribution in [2.24, 2.45) is 17.6 Å². The van der Waals surface area contributed by atoms with Crippen LogP contribution in [0.2, 0.25) is 0 Å². The zero-order valence-corrected chi connectivity index (χ0v) is 17.1. The summed E-state index contributed by atoms with van der Waals surface area (Å²) >= 11 is 0. The molecule has 2 aliphatic rings. The van der Waals surface area contributed by atoms with Gasteiger partial charge in [0.1, 0.15) is 12.8 Å². The number of carbonyl (C=O) groups excluding carboxylic acids is 2. The molecule has 0 aromatic heterocycles. The van der Waals surface area contributed by atoms with Gasteiger partial charge < -0.3 is 20.7 Å². The first kappa shape index (κ1) is 21.6. The molecule has 0 radical (unpaired) electrons. The SMILES string of the molecule is C[C@@H](C1CCC(NC(=O)OCc2ccccc2)CC1)C(N)C(=O)N1CC[C@H](F)C1. The van der Waals surface area contributed by atoms with Crippen molar-refractivity contribution in [2.75, 3.05) is 13.1 Å². The molecule has 7 heteroatoms. The zero-order chi connectivity index (χ0) is 20.8. The number of hydrogen-bond acceptors (Lipinski definition) is 4. The average molecular weight is 406 g/mol. The van der Waals surface area contributed by atoms with Gasteiger partial charge in [-0.25, -0.2) is 9.18 Å². The Hall–Kier alpha value is -2.15. The summed E-state index contributed by atoms with van der Waals surface area (Å²) in [6, 6.07) is 9.07. The van der Waals surface area contributed by atoms with Crippen LogP contribution in [0.25, 0.3) is 0 Å². The summed E-state index contributed by atoms with van der Waals surface area (Å²) in [7, 11) is 0. The molecule has 3 rings (SSSR count). The summed E-state index contributed by atoms with van der Waals surface area (Å²) in [4.78, 5) is 26.1. The van der Waals surface area contributed by atoms with Crippen LogP contribution in [0.4, 0.5) is 9.18 Å². The van der Waals surface area contributed by atoms with Crippen LogP contribution in [0.15, 0.2) is 30.3 Å². The highest BCUT2D eigenvalue weighted by atomic mass is 19.1. The van der Waals surface area contributed by atoms with Crippen LogP contribution in [0, 0.1) is 11.8 Å². The van der Waals surface area contributed by atoms with Crippen LogP contribution in [0.1, 0.15) is 44.6 Å². The highest BCUT2D eigenvalue weighted by molar-refractivity contribution is 5.82. The van der Waals surface area contributed by atoms with Crippen LogP contribution < -0.4 is 11.1 Å². The van der Waals surface area contributed by atoms with Crippen molar-refractivity contribution in [2.45, 2.75) is 63.9 Å². The van der Waals surface area contributed by atoms with Crippen molar-refractivity contribution in [1.29, 1.82) is 0 Å². The van der Waals surface area contributed by atoms with Gasteiger partial charge in [-0.05, 0) is 49.5 Å². The number of nitrogens with zero attached hydrogens (tertiary/aromatic N) is 1. The van der Waals surface area contributed by atoms with Crippen LogP contribution >= 0.6 is 0 Å². The van der Waals surface area contributed by atoms with E-state index in [9.17, 15) is 14.0 Å². The molecule has 3 atom stereocenters. The van der Waals surface area contributed by atoms with Crippen molar-refractivity contribution in [3.05, 3.63) is 35.9 Å². The molecule has 0 spiro atoms. The number of nitrogens with one attached hydrogen (secondary N) is 1. The summed E-state index contributed by atoms with van der Waals surface area (Å²) in [5.41, 5.74) is 7.18. The monoisotopic (exact) mass is 405 g/mol. The molecule has 1 saturated heterocycles. The normalized spacial score (nSPS) is 26.6. The third-order valence-electron chi connectivity index (χ3n) is 6.34. The lowest BCUT2D eigenvalue weighted by atomic mass is 9.76. The minimum absolute atomic E-state index is 0.0344. The summed E-state index contributed by atoms with van der Waals surface area (Å²) in [5, 5.41) is 2.94. The Bertz CT molecular complexity index is 679. The third kappa shape index (κ3) is 5.92. The molecule has 1 saturated carbocycles. The van der Waals surface area contributed by atoms with Gasteiger partial charge in [0.05, 0.1) is 12.6 Å². The standard InChI is InChI=1S/C22H32FN3O3/c1-15(20(24)21(27)26-12-11-18(23)13-26)17-7-9-19(10-8-17)25-22(28)29-14-16-5-3-2-4-6-16/h2-6,15,17-20H,7-14,24H2,1H3,(H,25,28)/t15-,17?,18-,19?,20?/m0/s1. The largest absolute Gasteiger partial charge is 0.445 e. The van der Waals surface area contributed by atoms with Gasteiger partial charge in [-0.2, -0.15) is 0 Å². The molecule has 1 aliphatic carbocycles. The number of amides is 2. The Morgan fingerprint density at radius 2 is 1.90 bits per heavy atom. The molecule has 1 aromatic rings. The lowest BCUT2D eigenvalue weighted by Gasteiger charge is -2.35. The molecule has 1 aliphatic heterocycles. The number of likely N-dealkylation sites (tertiary alicyclic amines) is 1. The second kappa shape index (κ2) is 10.1. The molecule has 0 bridgehead atoms. The van der Waals surface area contributed by atoms with E-state index >= 15 is 0 Å². The van der Waals surface area contributed by atoms with Crippen LogP contribution in [-0.2, 0) is 16.1 Å². The molecule has 2 fully saturated rings. The minimum atomic E-state index is -0.926. The highest BCUT2D eigenvalue weighted by Gasteiger charge is 2.36. The van der Waals surface area contributed by atoms with Crippen molar-refractivity contribution in [3.8, 4) is 0 Å². The van der Waals surface area contributed by atoms with Crippen molar-refractivity contribution >= 4 is 12.0 Å². The van der Waals surface area contributed by atoms with Crippen LogP contribution in [-0.4, -0.2) is 48.2 Å². The molecule has 1 heterocycles. The summed E-state index contributed by atoms with van der Waals surface area (Å²) in [5.74, 6) is 0.227. The summed E-state index contributed by atoms with van der Waals surface area (Å²) < 4.78 is 18.7. The summed E-state index contributed by atoms with van der Waals surface area (Å²) in [6.45, 7) is 2.90. The average Bonchev–Trinajstić information content (AvgIpc) is 3.18. The number of carbonyl (C=O) groups is 2. The maximum absolute atomic E-state index is 13.4. The van der Waals surface area contributed by atoms with Crippen molar-refractivity contribution in [1.82, 2.24) is 10.2 Å². The number of halogens is 1. The van der Waals surface area contributed by atoms with E-state index < -0.39 is 18.3 Å².